The molecule has 0 spiro atoms. The molecule has 0 saturated heterocycles. The van der Waals surface area contributed by atoms with Crippen LogP contribution in [-0.4, -0.2) is 28.7 Å². The van der Waals surface area contributed by atoms with Gasteiger partial charge in [0.05, 0.1) is 17.7 Å². The summed E-state index contributed by atoms with van der Waals surface area (Å²) in [5.74, 6) is -0.937. The number of carbonyl (C=O) groups excluding carboxylic acids is 1. The smallest absolute Gasteiger partial charge is 0.312 e. The first kappa shape index (κ1) is 19.3. The summed E-state index contributed by atoms with van der Waals surface area (Å²) in [6.45, 7) is -0.0179. The molecule has 3 rings (SSSR count). The number of hydrazone groups is 1. The van der Waals surface area contributed by atoms with E-state index in [0.717, 1.165) is 22.7 Å². The number of carbonyl (C=O) groups is 1. The van der Waals surface area contributed by atoms with Crippen molar-refractivity contribution in [2.24, 2.45) is 5.10 Å². The number of phenolic OH excluding ortho intramolecular Hbond substituents is 1. The van der Waals surface area contributed by atoms with Gasteiger partial charge in [-0.2, -0.15) is 5.10 Å². The van der Waals surface area contributed by atoms with Crippen LogP contribution in [0.2, 0.25) is 0 Å². The number of aromatic hydroxyl groups is 1. The number of nitro groups is 1. The van der Waals surface area contributed by atoms with Gasteiger partial charge < -0.3 is 10.4 Å². The minimum absolute atomic E-state index is 0.0179. The van der Waals surface area contributed by atoms with Gasteiger partial charge in [0.2, 0.25) is 5.75 Å². The largest absolute Gasteiger partial charge is 0.502 e. The Bertz CT molecular complexity index is 1080. The zero-order valence-electron chi connectivity index (χ0n) is 14.4. The Balaban J connectivity index is 1.64. The maximum Gasteiger partial charge on any atom is 0.312 e. The summed E-state index contributed by atoms with van der Waals surface area (Å²) in [6, 6.07) is 16.2. The van der Waals surface area contributed by atoms with E-state index in [-0.39, 0.29) is 12.1 Å². The molecule has 0 fully saturated rings. The second kappa shape index (κ2) is 8.49. The number of hydrogen-bond acceptors (Lipinski definition) is 6. The summed E-state index contributed by atoms with van der Waals surface area (Å²) in [4.78, 5) is 22.2. The molecule has 3 N–H and O–H groups in total. The SMILES string of the molecule is O=C(CNc1cccc2ccccc12)NN=Cc1cc(Br)cc([N+](=O)[O-])c1O. The van der Waals surface area contributed by atoms with Crippen LogP contribution in [0.15, 0.2) is 64.2 Å². The zero-order chi connectivity index (χ0) is 20.1. The van der Waals surface area contributed by atoms with Crippen LogP contribution in [0, 0.1) is 10.1 Å². The molecule has 3 aromatic rings. The van der Waals surface area contributed by atoms with E-state index in [9.17, 15) is 20.0 Å². The first-order valence-electron chi connectivity index (χ1n) is 8.16. The van der Waals surface area contributed by atoms with Gasteiger partial charge in [-0.1, -0.05) is 52.3 Å². The molecule has 0 unspecified atom stereocenters. The number of hydrogen-bond donors (Lipinski definition) is 3. The first-order valence-corrected chi connectivity index (χ1v) is 8.95. The van der Waals surface area contributed by atoms with Gasteiger partial charge in [-0.05, 0) is 17.5 Å². The van der Waals surface area contributed by atoms with Gasteiger partial charge in [-0.15, -0.1) is 0 Å². The van der Waals surface area contributed by atoms with E-state index in [1.807, 2.05) is 42.5 Å². The van der Waals surface area contributed by atoms with Crippen LogP contribution in [0.1, 0.15) is 5.56 Å². The number of halogens is 1. The van der Waals surface area contributed by atoms with Crippen molar-refractivity contribution < 1.29 is 14.8 Å². The van der Waals surface area contributed by atoms with E-state index in [4.69, 9.17) is 0 Å². The van der Waals surface area contributed by atoms with E-state index in [1.165, 1.54) is 12.1 Å². The van der Waals surface area contributed by atoms with Crippen LogP contribution in [0.4, 0.5) is 11.4 Å². The van der Waals surface area contributed by atoms with Crippen molar-refractivity contribution in [3.05, 3.63) is 74.7 Å². The maximum absolute atomic E-state index is 12.0. The normalized spacial score (nSPS) is 10.9. The Labute approximate surface area is 168 Å². The number of nitrogens with one attached hydrogen (secondary N) is 2. The van der Waals surface area contributed by atoms with E-state index < -0.39 is 22.3 Å². The number of benzene rings is 3. The fraction of sp³-hybridized carbons (Fsp3) is 0.0526. The van der Waals surface area contributed by atoms with E-state index in [2.05, 4.69) is 31.8 Å². The predicted octanol–water partition coefficient (Wildman–Crippen LogP) is 3.78. The van der Waals surface area contributed by atoms with Crippen LogP contribution >= 0.6 is 15.9 Å². The summed E-state index contributed by atoms with van der Waals surface area (Å²) in [7, 11) is 0. The van der Waals surface area contributed by atoms with E-state index in [1.54, 1.807) is 0 Å². The lowest BCUT2D eigenvalue weighted by Gasteiger charge is -2.08. The second-order valence-electron chi connectivity index (χ2n) is 5.79. The number of phenols is 1. The Kier molecular flexibility index (Phi) is 5.85. The first-order chi connectivity index (χ1) is 13.5. The van der Waals surface area contributed by atoms with Crippen LogP contribution in [0.3, 0.4) is 0 Å². The van der Waals surface area contributed by atoms with Crippen molar-refractivity contribution in [1.29, 1.82) is 0 Å². The molecule has 0 atom stereocenters. The highest BCUT2D eigenvalue weighted by Gasteiger charge is 2.17. The highest BCUT2D eigenvalue weighted by Crippen LogP contribution is 2.32. The number of amides is 1. The third-order valence-electron chi connectivity index (χ3n) is 3.90. The average molecular weight is 443 g/mol. The zero-order valence-corrected chi connectivity index (χ0v) is 16.0. The maximum atomic E-state index is 12.0. The number of nitro benzene ring substituents is 1. The van der Waals surface area contributed by atoms with Crippen molar-refractivity contribution >= 4 is 50.2 Å². The van der Waals surface area contributed by atoms with Crippen LogP contribution in [0.25, 0.3) is 10.8 Å². The quantitative estimate of drug-likeness (QED) is 0.305. The molecule has 0 aliphatic carbocycles. The summed E-state index contributed by atoms with van der Waals surface area (Å²) < 4.78 is 0.405. The van der Waals surface area contributed by atoms with Crippen molar-refractivity contribution in [2.45, 2.75) is 0 Å². The van der Waals surface area contributed by atoms with Gasteiger partial charge in [0.25, 0.3) is 5.91 Å². The second-order valence-corrected chi connectivity index (χ2v) is 6.71. The fourth-order valence-electron chi connectivity index (χ4n) is 2.61. The lowest BCUT2D eigenvalue weighted by molar-refractivity contribution is -0.385. The van der Waals surface area contributed by atoms with Gasteiger partial charge in [0.1, 0.15) is 0 Å². The molecule has 0 aliphatic rings. The number of fused-ring (bicyclic) bond motifs is 1. The molecule has 0 aliphatic heterocycles. The van der Waals surface area contributed by atoms with Gasteiger partial charge in [-0.25, -0.2) is 5.43 Å². The van der Waals surface area contributed by atoms with Gasteiger partial charge >= 0.3 is 5.69 Å². The Morgan fingerprint density at radius 1 is 1.21 bits per heavy atom. The van der Waals surface area contributed by atoms with Crippen molar-refractivity contribution in [3.63, 3.8) is 0 Å². The Morgan fingerprint density at radius 3 is 2.75 bits per heavy atom. The monoisotopic (exact) mass is 442 g/mol. The minimum atomic E-state index is -0.704. The molecule has 0 radical (unpaired) electrons. The summed E-state index contributed by atoms with van der Waals surface area (Å²) in [6.07, 6.45) is 1.14. The van der Waals surface area contributed by atoms with Crippen molar-refractivity contribution in [1.82, 2.24) is 5.43 Å². The minimum Gasteiger partial charge on any atom is -0.502 e. The molecular weight excluding hydrogens is 428 g/mol. The molecule has 0 aromatic heterocycles. The van der Waals surface area contributed by atoms with Gasteiger partial charge in [0.15, 0.2) is 0 Å². The lowest BCUT2D eigenvalue weighted by atomic mass is 10.1. The predicted molar refractivity (Wildman–Crippen MR) is 111 cm³/mol. The highest BCUT2D eigenvalue weighted by atomic mass is 79.9. The number of nitrogens with zero attached hydrogens (tertiary/aromatic N) is 2. The Hall–Kier alpha value is -3.46. The molecule has 9 heteroatoms. The molecular formula is C19H15BrN4O4. The summed E-state index contributed by atoms with van der Waals surface area (Å²) in [5.41, 5.74) is 2.78. The van der Waals surface area contributed by atoms with Gasteiger partial charge in [0, 0.05) is 27.2 Å². The fourth-order valence-corrected chi connectivity index (χ4v) is 3.07. The Morgan fingerprint density at radius 2 is 1.96 bits per heavy atom. The molecule has 8 nitrogen and oxygen atoms in total. The highest BCUT2D eigenvalue weighted by molar-refractivity contribution is 9.10. The van der Waals surface area contributed by atoms with Gasteiger partial charge in [-0.3, -0.25) is 14.9 Å². The number of rotatable bonds is 6. The molecule has 0 heterocycles. The van der Waals surface area contributed by atoms with Crippen LogP contribution < -0.4 is 10.7 Å². The standard InChI is InChI=1S/C19H15BrN4O4/c20-14-8-13(19(26)17(9-14)24(27)28)10-22-23-18(25)11-21-16-7-3-5-12-4-1-2-6-15(12)16/h1-10,21,26H,11H2,(H,23,25). The lowest BCUT2D eigenvalue weighted by Crippen LogP contribution is -2.25. The van der Waals surface area contributed by atoms with Crippen LogP contribution in [0.5, 0.6) is 5.75 Å². The molecule has 0 bridgehead atoms. The topological polar surface area (TPSA) is 117 Å². The number of anilines is 1. The molecule has 1 amide bonds. The third kappa shape index (κ3) is 4.44. The molecule has 142 valence electrons. The molecule has 3 aromatic carbocycles. The van der Waals surface area contributed by atoms with Crippen molar-refractivity contribution in [3.8, 4) is 5.75 Å². The van der Waals surface area contributed by atoms with E-state index in [0.29, 0.717) is 4.47 Å². The molecule has 0 saturated carbocycles. The van der Waals surface area contributed by atoms with Crippen LogP contribution in [-0.2, 0) is 4.79 Å². The third-order valence-corrected chi connectivity index (χ3v) is 4.36. The summed E-state index contributed by atoms with van der Waals surface area (Å²) in [5, 5.41) is 29.7. The summed E-state index contributed by atoms with van der Waals surface area (Å²) >= 11 is 3.13. The molecule has 28 heavy (non-hydrogen) atoms. The average Bonchev–Trinajstić information content (AvgIpc) is 2.68. The van der Waals surface area contributed by atoms with E-state index >= 15 is 0 Å². The van der Waals surface area contributed by atoms with Crippen molar-refractivity contribution in [2.75, 3.05) is 11.9 Å².